The van der Waals surface area contributed by atoms with E-state index in [-0.39, 0.29) is 18.7 Å². The van der Waals surface area contributed by atoms with Gasteiger partial charge < -0.3 is 14.9 Å². The number of hydrogen-bond donors (Lipinski definition) is 2. The lowest BCUT2D eigenvalue weighted by Gasteiger charge is -2.09. The minimum absolute atomic E-state index is 0.0107. The Morgan fingerprint density at radius 2 is 1.94 bits per heavy atom. The van der Waals surface area contributed by atoms with Gasteiger partial charge in [-0.15, -0.1) is 11.3 Å². The van der Waals surface area contributed by atoms with Crippen LogP contribution in [0.25, 0.3) is 22.2 Å². The normalized spacial score (nSPS) is 11.2. The highest BCUT2D eigenvalue weighted by atomic mass is 32.1. The molecule has 0 fully saturated rings. The van der Waals surface area contributed by atoms with E-state index in [1.807, 2.05) is 37.4 Å². The predicted molar refractivity (Wildman–Crippen MR) is 131 cm³/mol. The van der Waals surface area contributed by atoms with E-state index >= 15 is 0 Å². The highest BCUT2D eigenvalue weighted by Crippen LogP contribution is 2.32. The number of hydrogen-bond acceptors (Lipinski definition) is 4. The highest BCUT2D eigenvalue weighted by molar-refractivity contribution is 7.12. The summed E-state index contributed by atoms with van der Waals surface area (Å²) in [5.74, 6) is -2.48. The first-order valence-electron chi connectivity index (χ1n) is 10.8. The van der Waals surface area contributed by atoms with Crippen molar-refractivity contribution in [2.45, 2.75) is 20.0 Å². The molecule has 3 heterocycles. The summed E-state index contributed by atoms with van der Waals surface area (Å²) in [5, 5.41) is 4.55. The number of aromatic amines is 1. The van der Waals surface area contributed by atoms with E-state index in [9.17, 15) is 18.4 Å². The molecule has 0 spiro atoms. The van der Waals surface area contributed by atoms with Gasteiger partial charge in [0.25, 0.3) is 11.5 Å². The van der Waals surface area contributed by atoms with E-state index in [0.29, 0.717) is 10.6 Å². The van der Waals surface area contributed by atoms with Crippen LogP contribution < -0.4 is 10.9 Å². The average molecular weight is 491 g/mol. The van der Waals surface area contributed by atoms with Crippen molar-refractivity contribution in [1.29, 1.82) is 0 Å². The molecule has 2 N–H and O–H groups in total. The van der Waals surface area contributed by atoms with Crippen molar-refractivity contribution in [3.8, 4) is 11.3 Å². The summed E-state index contributed by atoms with van der Waals surface area (Å²) < 4.78 is 28.0. The van der Waals surface area contributed by atoms with Crippen LogP contribution in [0.4, 0.5) is 8.78 Å². The second-order valence-electron chi connectivity index (χ2n) is 8.05. The standard InChI is InChI=1S/C26H20F2N4O2S/c1-15-24(19-12-29-22-7-3-2-5-17(19)22)31-23(35-15)13-30-25(33)18-6-4-10-32(26(18)34)14-16-8-9-20(27)21(28)11-16/h2-12,29H,13-14H2,1H3,(H,30,33). The number of para-hydroxylation sites is 1. The number of pyridine rings is 1. The number of H-pyrrole nitrogens is 1. The third kappa shape index (κ3) is 4.50. The number of aryl methyl sites for hydroxylation is 1. The summed E-state index contributed by atoms with van der Waals surface area (Å²) in [6.07, 6.45) is 3.42. The van der Waals surface area contributed by atoms with Crippen LogP contribution in [0.15, 0.2) is 71.8 Å². The van der Waals surface area contributed by atoms with Gasteiger partial charge in [0.1, 0.15) is 10.6 Å². The predicted octanol–water partition coefficient (Wildman–Crippen LogP) is 5.02. The molecule has 35 heavy (non-hydrogen) atoms. The summed E-state index contributed by atoms with van der Waals surface area (Å²) in [5.41, 5.74) is 2.71. The molecule has 1 amide bonds. The molecule has 5 rings (SSSR count). The number of fused-ring (bicyclic) bond motifs is 1. The van der Waals surface area contributed by atoms with E-state index in [2.05, 4.69) is 10.3 Å². The number of nitrogens with one attached hydrogen (secondary N) is 2. The number of thiazole rings is 1. The second kappa shape index (κ2) is 9.27. The third-order valence-electron chi connectivity index (χ3n) is 5.69. The summed E-state index contributed by atoms with van der Waals surface area (Å²) in [6.45, 7) is 2.16. The number of rotatable bonds is 6. The van der Waals surface area contributed by atoms with Crippen LogP contribution in [-0.4, -0.2) is 20.4 Å². The number of benzene rings is 2. The number of carbonyl (C=O) groups is 1. The zero-order chi connectivity index (χ0) is 24.5. The molecule has 0 bridgehead atoms. The monoisotopic (exact) mass is 490 g/mol. The highest BCUT2D eigenvalue weighted by Gasteiger charge is 2.16. The Morgan fingerprint density at radius 1 is 1.11 bits per heavy atom. The van der Waals surface area contributed by atoms with Crippen molar-refractivity contribution < 1.29 is 13.6 Å². The van der Waals surface area contributed by atoms with Crippen LogP contribution in [0.3, 0.4) is 0 Å². The summed E-state index contributed by atoms with van der Waals surface area (Å²) in [4.78, 5) is 34.6. The molecular weight excluding hydrogens is 470 g/mol. The largest absolute Gasteiger partial charge is 0.360 e. The fourth-order valence-electron chi connectivity index (χ4n) is 3.96. The van der Waals surface area contributed by atoms with Gasteiger partial charge in [0.05, 0.1) is 18.8 Å². The number of amides is 1. The third-order valence-corrected chi connectivity index (χ3v) is 6.66. The molecule has 6 nitrogen and oxygen atoms in total. The Kier molecular flexibility index (Phi) is 6.00. The van der Waals surface area contributed by atoms with E-state index in [1.54, 1.807) is 6.07 Å². The maximum Gasteiger partial charge on any atom is 0.263 e. The Morgan fingerprint density at radius 3 is 2.77 bits per heavy atom. The number of nitrogens with zero attached hydrogens (tertiary/aromatic N) is 2. The van der Waals surface area contributed by atoms with E-state index < -0.39 is 23.1 Å². The molecule has 0 saturated heterocycles. The molecule has 0 saturated carbocycles. The topological polar surface area (TPSA) is 79.8 Å². The van der Waals surface area contributed by atoms with Crippen LogP contribution in [0, 0.1) is 18.6 Å². The summed E-state index contributed by atoms with van der Waals surface area (Å²) in [7, 11) is 0. The first-order chi connectivity index (χ1) is 16.9. The quantitative estimate of drug-likeness (QED) is 0.351. The first-order valence-corrected chi connectivity index (χ1v) is 11.7. The summed E-state index contributed by atoms with van der Waals surface area (Å²) in [6, 6.07) is 14.4. The maximum absolute atomic E-state index is 13.5. The molecule has 5 aromatic rings. The smallest absolute Gasteiger partial charge is 0.263 e. The first kappa shape index (κ1) is 22.7. The van der Waals surface area contributed by atoms with Gasteiger partial charge in [-0.3, -0.25) is 9.59 Å². The molecule has 0 aliphatic rings. The fraction of sp³-hybridized carbons (Fsp3) is 0.115. The molecule has 0 radical (unpaired) electrons. The number of carbonyl (C=O) groups excluding carboxylic acids is 1. The van der Waals surface area contributed by atoms with Gasteiger partial charge >= 0.3 is 0 Å². The van der Waals surface area contributed by atoms with Crippen molar-refractivity contribution in [1.82, 2.24) is 19.9 Å². The molecule has 176 valence electrons. The van der Waals surface area contributed by atoms with Crippen LogP contribution in [-0.2, 0) is 13.1 Å². The minimum Gasteiger partial charge on any atom is -0.360 e. The van der Waals surface area contributed by atoms with Crippen molar-refractivity contribution in [2.24, 2.45) is 0 Å². The second-order valence-corrected chi connectivity index (χ2v) is 9.33. The van der Waals surface area contributed by atoms with Gasteiger partial charge in [0.2, 0.25) is 0 Å². The van der Waals surface area contributed by atoms with Gasteiger partial charge in [-0.25, -0.2) is 13.8 Å². The zero-order valence-electron chi connectivity index (χ0n) is 18.6. The molecule has 9 heteroatoms. The lowest BCUT2D eigenvalue weighted by Crippen LogP contribution is -2.32. The average Bonchev–Trinajstić information content (AvgIpc) is 3.44. The molecule has 3 aromatic heterocycles. The minimum atomic E-state index is -0.991. The zero-order valence-corrected chi connectivity index (χ0v) is 19.5. The molecule has 0 unspecified atom stereocenters. The van der Waals surface area contributed by atoms with Crippen molar-refractivity contribution >= 4 is 28.1 Å². The molecule has 0 atom stereocenters. The van der Waals surface area contributed by atoms with Gasteiger partial charge in [-0.05, 0) is 42.8 Å². The van der Waals surface area contributed by atoms with Crippen LogP contribution in [0.5, 0.6) is 0 Å². The lowest BCUT2D eigenvalue weighted by molar-refractivity contribution is 0.0948. The Bertz CT molecular complexity index is 1620. The molecule has 0 aliphatic heterocycles. The van der Waals surface area contributed by atoms with Crippen molar-refractivity contribution in [3.05, 3.63) is 110 Å². The number of halogens is 2. The Labute approximate surface area is 202 Å². The van der Waals surface area contributed by atoms with Crippen LogP contribution in [0.2, 0.25) is 0 Å². The Hall–Kier alpha value is -4.11. The lowest BCUT2D eigenvalue weighted by atomic mass is 10.1. The van der Waals surface area contributed by atoms with E-state index in [1.165, 1.54) is 34.2 Å². The molecular formula is C26H20F2N4O2S. The van der Waals surface area contributed by atoms with Gasteiger partial charge in [-0.1, -0.05) is 24.3 Å². The molecule has 2 aromatic carbocycles. The van der Waals surface area contributed by atoms with E-state index in [0.717, 1.165) is 39.2 Å². The maximum atomic E-state index is 13.5. The van der Waals surface area contributed by atoms with Gasteiger partial charge in [0.15, 0.2) is 11.6 Å². The van der Waals surface area contributed by atoms with Crippen molar-refractivity contribution in [3.63, 3.8) is 0 Å². The van der Waals surface area contributed by atoms with E-state index in [4.69, 9.17) is 4.98 Å². The van der Waals surface area contributed by atoms with Crippen LogP contribution in [0.1, 0.15) is 25.8 Å². The SMILES string of the molecule is Cc1sc(CNC(=O)c2cccn(Cc3ccc(F)c(F)c3)c2=O)nc1-c1c[nH]c2ccccc12. The van der Waals surface area contributed by atoms with Gasteiger partial charge in [-0.2, -0.15) is 0 Å². The molecule has 0 aliphatic carbocycles. The van der Waals surface area contributed by atoms with Gasteiger partial charge in [0, 0.05) is 33.7 Å². The fourth-order valence-corrected chi connectivity index (χ4v) is 4.85. The van der Waals surface area contributed by atoms with Crippen molar-refractivity contribution in [2.75, 3.05) is 0 Å². The Balaban J connectivity index is 1.32. The number of aromatic nitrogens is 3. The summed E-state index contributed by atoms with van der Waals surface area (Å²) >= 11 is 1.48. The van der Waals surface area contributed by atoms with Crippen LogP contribution >= 0.6 is 11.3 Å².